The average Bonchev–Trinajstić information content (AvgIpc) is 2.77. The highest BCUT2D eigenvalue weighted by Gasteiger charge is 2.19. The van der Waals surface area contributed by atoms with E-state index in [1.54, 1.807) is 0 Å². The Kier molecular flexibility index (Phi) is 3.82. The van der Waals surface area contributed by atoms with Crippen molar-refractivity contribution in [3.63, 3.8) is 0 Å². The van der Waals surface area contributed by atoms with Crippen LogP contribution in [0.3, 0.4) is 0 Å². The van der Waals surface area contributed by atoms with Crippen LogP contribution in [0.5, 0.6) is 0 Å². The second-order valence-corrected chi connectivity index (χ2v) is 5.71. The van der Waals surface area contributed by atoms with Gasteiger partial charge in [0.25, 0.3) is 0 Å². The zero-order valence-electron chi connectivity index (χ0n) is 9.99. The van der Waals surface area contributed by atoms with Gasteiger partial charge in [-0.15, -0.1) is 16.9 Å². The SMILES string of the molecule is Cc1nnc(SC2CCCC2)c(CN)c1C. The maximum absolute atomic E-state index is 5.81. The first-order chi connectivity index (χ1) is 7.72. The molecule has 2 N–H and O–H groups in total. The van der Waals surface area contributed by atoms with E-state index in [1.807, 2.05) is 18.7 Å². The summed E-state index contributed by atoms with van der Waals surface area (Å²) in [7, 11) is 0. The van der Waals surface area contributed by atoms with Crippen LogP contribution in [0.15, 0.2) is 5.03 Å². The van der Waals surface area contributed by atoms with E-state index in [0.29, 0.717) is 6.54 Å². The summed E-state index contributed by atoms with van der Waals surface area (Å²) < 4.78 is 0. The van der Waals surface area contributed by atoms with Crippen molar-refractivity contribution < 1.29 is 0 Å². The van der Waals surface area contributed by atoms with Gasteiger partial charge in [0.05, 0.1) is 5.69 Å². The van der Waals surface area contributed by atoms with Gasteiger partial charge in [0, 0.05) is 17.4 Å². The van der Waals surface area contributed by atoms with Crippen LogP contribution in [0, 0.1) is 13.8 Å². The first kappa shape index (κ1) is 11.9. The molecule has 1 saturated carbocycles. The molecule has 0 unspecified atom stereocenters. The maximum Gasteiger partial charge on any atom is 0.124 e. The molecule has 0 bridgehead atoms. The second-order valence-electron chi connectivity index (χ2n) is 4.42. The monoisotopic (exact) mass is 237 g/mol. The summed E-state index contributed by atoms with van der Waals surface area (Å²) in [6, 6.07) is 0. The van der Waals surface area contributed by atoms with Crippen molar-refractivity contribution in [3.05, 3.63) is 16.8 Å². The van der Waals surface area contributed by atoms with Crippen LogP contribution >= 0.6 is 11.8 Å². The fourth-order valence-corrected chi connectivity index (χ4v) is 3.49. The van der Waals surface area contributed by atoms with Gasteiger partial charge in [-0.3, -0.25) is 0 Å². The van der Waals surface area contributed by atoms with Crippen LogP contribution in [0.2, 0.25) is 0 Å². The molecule has 1 aromatic rings. The topological polar surface area (TPSA) is 51.8 Å². The van der Waals surface area contributed by atoms with Gasteiger partial charge in [0.15, 0.2) is 0 Å². The van der Waals surface area contributed by atoms with E-state index in [0.717, 1.165) is 16.0 Å². The summed E-state index contributed by atoms with van der Waals surface area (Å²) in [4.78, 5) is 0. The number of aryl methyl sites for hydroxylation is 1. The Hall–Kier alpha value is -0.610. The molecule has 0 aromatic carbocycles. The number of hydrogen-bond acceptors (Lipinski definition) is 4. The minimum Gasteiger partial charge on any atom is -0.326 e. The Morgan fingerprint density at radius 1 is 1.25 bits per heavy atom. The average molecular weight is 237 g/mol. The summed E-state index contributed by atoms with van der Waals surface area (Å²) >= 11 is 1.87. The van der Waals surface area contributed by atoms with Gasteiger partial charge in [0.1, 0.15) is 5.03 Å². The highest BCUT2D eigenvalue weighted by molar-refractivity contribution is 7.99. The van der Waals surface area contributed by atoms with Crippen molar-refractivity contribution >= 4 is 11.8 Å². The smallest absolute Gasteiger partial charge is 0.124 e. The van der Waals surface area contributed by atoms with E-state index in [-0.39, 0.29) is 0 Å². The zero-order valence-corrected chi connectivity index (χ0v) is 10.8. The van der Waals surface area contributed by atoms with Crippen molar-refractivity contribution in [2.24, 2.45) is 5.73 Å². The molecule has 2 rings (SSSR count). The third kappa shape index (κ3) is 2.38. The normalized spacial score (nSPS) is 16.9. The van der Waals surface area contributed by atoms with E-state index in [2.05, 4.69) is 17.1 Å². The molecule has 88 valence electrons. The maximum atomic E-state index is 5.81. The van der Waals surface area contributed by atoms with Crippen LogP contribution in [-0.2, 0) is 6.54 Å². The Bertz CT molecular complexity index is 373. The van der Waals surface area contributed by atoms with Crippen LogP contribution in [-0.4, -0.2) is 15.4 Å². The molecule has 0 radical (unpaired) electrons. The Morgan fingerprint density at radius 3 is 2.56 bits per heavy atom. The lowest BCUT2D eigenvalue weighted by atomic mass is 10.1. The minimum atomic E-state index is 0.567. The summed E-state index contributed by atoms with van der Waals surface area (Å²) in [5.41, 5.74) is 9.20. The lowest BCUT2D eigenvalue weighted by molar-refractivity contribution is 0.814. The standard InChI is InChI=1S/C12H19N3S/c1-8-9(2)14-15-12(11(8)7-13)16-10-5-3-4-6-10/h10H,3-7,13H2,1-2H3. The van der Waals surface area contributed by atoms with Crippen molar-refractivity contribution in [2.45, 2.75) is 56.4 Å². The highest BCUT2D eigenvalue weighted by Crippen LogP contribution is 2.35. The molecule has 0 aliphatic heterocycles. The quantitative estimate of drug-likeness (QED) is 0.878. The van der Waals surface area contributed by atoms with Gasteiger partial charge in [-0.1, -0.05) is 12.8 Å². The van der Waals surface area contributed by atoms with Gasteiger partial charge >= 0.3 is 0 Å². The van der Waals surface area contributed by atoms with Gasteiger partial charge in [-0.05, 0) is 32.3 Å². The lowest BCUT2D eigenvalue weighted by Crippen LogP contribution is -2.08. The number of thioether (sulfide) groups is 1. The van der Waals surface area contributed by atoms with E-state index < -0.39 is 0 Å². The lowest BCUT2D eigenvalue weighted by Gasteiger charge is -2.13. The molecule has 4 heteroatoms. The number of hydrogen-bond donors (Lipinski definition) is 1. The Morgan fingerprint density at radius 2 is 1.94 bits per heavy atom. The van der Waals surface area contributed by atoms with Gasteiger partial charge < -0.3 is 5.73 Å². The molecule has 1 fully saturated rings. The van der Waals surface area contributed by atoms with Crippen LogP contribution in [0.4, 0.5) is 0 Å². The van der Waals surface area contributed by atoms with Gasteiger partial charge in [-0.2, -0.15) is 5.10 Å². The molecule has 0 atom stereocenters. The minimum absolute atomic E-state index is 0.567. The number of nitrogens with two attached hydrogens (primary N) is 1. The molecule has 3 nitrogen and oxygen atoms in total. The molecule has 0 saturated heterocycles. The largest absolute Gasteiger partial charge is 0.326 e. The number of nitrogens with zero attached hydrogens (tertiary/aromatic N) is 2. The third-order valence-corrected chi connectivity index (χ3v) is 4.69. The summed E-state index contributed by atoms with van der Waals surface area (Å²) in [5.74, 6) is 0. The fraction of sp³-hybridized carbons (Fsp3) is 0.667. The van der Waals surface area contributed by atoms with Crippen molar-refractivity contribution in [1.82, 2.24) is 10.2 Å². The van der Waals surface area contributed by atoms with Crippen molar-refractivity contribution in [1.29, 1.82) is 0 Å². The number of aromatic nitrogens is 2. The molecule has 1 heterocycles. The molecular weight excluding hydrogens is 218 g/mol. The van der Waals surface area contributed by atoms with Crippen LogP contribution in [0.1, 0.15) is 42.5 Å². The van der Waals surface area contributed by atoms with Crippen molar-refractivity contribution in [3.8, 4) is 0 Å². The van der Waals surface area contributed by atoms with E-state index in [9.17, 15) is 0 Å². The number of rotatable bonds is 3. The third-order valence-electron chi connectivity index (χ3n) is 3.33. The molecular formula is C12H19N3S. The fourth-order valence-electron chi connectivity index (χ4n) is 2.13. The van der Waals surface area contributed by atoms with E-state index in [4.69, 9.17) is 5.73 Å². The van der Waals surface area contributed by atoms with Crippen molar-refractivity contribution in [2.75, 3.05) is 0 Å². The van der Waals surface area contributed by atoms with Gasteiger partial charge in [0.2, 0.25) is 0 Å². The highest BCUT2D eigenvalue weighted by atomic mass is 32.2. The first-order valence-electron chi connectivity index (χ1n) is 5.92. The molecule has 1 aromatic heterocycles. The summed E-state index contributed by atoms with van der Waals surface area (Å²) in [5, 5.41) is 10.3. The summed E-state index contributed by atoms with van der Waals surface area (Å²) in [6.45, 7) is 4.65. The second kappa shape index (κ2) is 5.15. The Balaban J connectivity index is 2.22. The molecule has 16 heavy (non-hydrogen) atoms. The van der Waals surface area contributed by atoms with E-state index in [1.165, 1.54) is 36.8 Å². The Labute approximate surface area is 101 Å². The zero-order chi connectivity index (χ0) is 11.5. The predicted octanol–water partition coefficient (Wildman–Crippen LogP) is 2.59. The van der Waals surface area contributed by atoms with Crippen LogP contribution in [0.25, 0.3) is 0 Å². The molecule has 1 aliphatic rings. The van der Waals surface area contributed by atoms with Gasteiger partial charge in [-0.25, -0.2) is 0 Å². The first-order valence-corrected chi connectivity index (χ1v) is 6.79. The molecule has 0 amide bonds. The van der Waals surface area contributed by atoms with E-state index >= 15 is 0 Å². The molecule has 1 aliphatic carbocycles. The predicted molar refractivity (Wildman–Crippen MR) is 67.5 cm³/mol. The molecule has 0 spiro atoms. The summed E-state index contributed by atoms with van der Waals surface area (Å²) in [6.07, 6.45) is 5.33. The van der Waals surface area contributed by atoms with Crippen LogP contribution < -0.4 is 5.73 Å².